The van der Waals surface area contributed by atoms with Crippen molar-refractivity contribution in [2.45, 2.75) is 51.5 Å². The van der Waals surface area contributed by atoms with Gasteiger partial charge in [-0.3, -0.25) is 0 Å². The van der Waals surface area contributed by atoms with Crippen molar-refractivity contribution in [1.82, 2.24) is 9.55 Å². The molecular weight excluding hydrogens is 284 g/mol. The van der Waals surface area contributed by atoms with Crippen molar-refractivity contribution in [3.8, 4) is 5.75 Å². The Kier molecular flexibility index (Phi) is 4.39. The third kappa shape index (κ3) is 2.89. The predicted molar refractivity (Wildman–Crippen MR) is 87.1 cm³/mol. The second-order valence-electron chi connectivity index (χ2n) is 5.83. The first-order valence-electron chi connectivity index (χ1n) is 7.97. The molecule has 0 saturated heterocycles. The first-order valence-corrected chi connectivity index (χ1v) is 8.50. The summed E-state index contributed by atoms with van der Waals surface area (Å²) in [5.74, 6) is 3.17. The Morgan fingerprint density at radius 1 is 1.38 bits per heavy atom. The van der Waals surface area contributed by atoms with Gasteiger partial charge in [0.05, 0.1) is 18.0 Å². The molecule has 114 valence electrons. The van der Waals surface area contributed by atoms with Crippen LogP contribution in [-0.2, 0) is 5.88 Å². The van der Waals surface area contributed by atoms with Gasteiger partial charge in [-0.2, -0.15) is 0 Å². The lowest BCUT2D eigenvalue weighted by Gasteiger charge is -2.20. The van der Waals surface area contributed by atoms with Gasteiger partial charge in [0.2, 0.25) is 0 Å². The van der Waals surface area contributed by atoms with Crippen molar-refractivity contribution in [1.29, 1.82) is 0 Å². The molecule has 1 aliphatic carbocycles. The van der Waals surface area contributed by atoms with Gasteiger partial charge in [-0.1, -0.05) is 25.8 Å². The van der Waals surface area contributed by atoms with Crippen LogP contribution in [0.1, 0.15) is 51.4 Å². The van der Waals surface area contributed by atoms with Gasteiger partial charge in [0.1, 0.15) is 17.1 Å². The van der Waals surface area contributed by atoms with Crippen LogP contribution in [0.15, 0.2) is 18.2 Å². The van der Waals surface area contributed by atoms with E-state index in [0.29, 0.717) is 18.5 Å². The first kappa shape index (κ1) is 14.7. The Labute approximate surface area is 131 Å². The summed E-state index contributed by atoms with van der Waals surface area (Å²) in [6.45, 7) is 4.91. The molecule has 0 N–H and O–H groups in total. The Morgan fingerprint density at radius 2 is 2.19 bits per heavy atom. The summed E-state index contributed by atoms with van der Waals surface area (Å²) in [7, 11) is 0. The van der Waals surface area contributed by atoms with E-state index < -0.39 is 0 Å². The molecule has 1 aromatic heterocycles. The molecule has 3 nitrogen and oxygen atoms in total. The zero-order chi connectivity index (χ0) is 14.8. The van der Waals surface area contributed by atoms with Crippen LogP contribution in [0.25, 0.3) is 11.0 Å². The number of imidazole rings is 1. The largest absolute Gasteiger partial charge is 0.492 e. The second-order valence-corrected chi connectivity index (χ2v) is 6.10. The standard InChI is InChI=1S/C17H23ClN2O/c1-3-13(10-12-8-9-12)20-14-6-5-7-15(21-4-2)17(14)19-16(20)11-18/h5-7,12-13H,3-4,8-11H2,1-2H3. The van der Waals surface area contributed by atoms with Crippen molar-refractivity contribution in [3.05, 3.63) is 24.0 Å². The van der Waals surface area contributed by atoms with E-state index >= 15 is 0 Å². The topological polar surface area (TPSA) is 27.1 Å². The van der Waals surface area contributed by atoms with Gasteiger partial charge >= 0.3 is 0 Å². The highest BCUT2D eigenvalue weighted by atomic mass is 35.5. The van der Waals surface area contributed by atoms with Crippen LogP contribution < -0.4 is 4.74 Å². The van der Waals surface area contributed by atoms with Gasteiger partial charge in [0, 0.05) is 6.04 Å². The van der Waals surface area contributed by atoms with E-state index in [2.05, 4.69) is 17.6 Å². The van der Waals surface area contributed by atoms with Crippen LogP contribution in [0.2, 0.25) is 0 Å². The molecule has 1 fully saturated rings. The zero-order valence-electron chi connectivity index (χ0n) is 12.8. The van der Waals surface area contributed by atoms with E-state index in [9.17, 15) is 0 Å². The zero-order valence-corrected chi connectivity index (χ0v) is 13.6. The summed E-state index contributed by atoms with van der Waals surface area (Å²) in [5, 5.41) is 0. The van der Waals surface area contributed by atoms with E-state index in [-0.39, 0.29) is 0 Å². The molecule has 0 aliphatic heterocycles. The van der Waals surface area contributed by atoms with Crippen LogP contribution in [0.5, 0.6) is 5.75 Å². The van der Waals surface area contributed by atoms with Crippen molar-refractivity contribution < 1.29 is 4.74 Å². The maximum absolute atomic E-state index is 6.16. The lowest BCUT2D eigenvalue weighted by atomic mass is 10.1. The number of hydrogen-bond acceptors (Lipinski definition) is 2. The molecule has 0 amide bonds. The maximum Gasteiger partial charge on any atom is 0.147 e. The van der Waals surface area contributed by atoms with E-state index in [1.54, 1.807) is 0 Å². The summed E-state index contributed by atoms with van der Waals surface area (Å²) < 4.78 is 8.07. The van der Waals surface area contributed by atoms with Gasteiger partial charge in [0.25, 0.3) is 0 Å². The number of aromatic nitrogens is 2. The molecular formula is C17H23ClN2O. The van der Waals surface area contributed by atoms with E-state index in [0.717, 1.165) is 34.9 Å². The maximum atomic E-state index is 6.16. The molecule has 3 rings (SSSR count). The number of nitrogens with zero attached hydrogens (tertiary/aromatic N) is 2. The smallest absolute Gasteiger partial charge is 0.147 e. The van der Waals surface area contributed by atoms with E-state index in [1.165, 1.54) is 19.3 Å². The first-order chi connectivity index (χ1) is 10.3. The molecule has 0 radical (unpaired) electrons. The van der Waals surface area contributed by atoms with Gasteiger partial charge in [0.15, 0.2) is 0 Å². The predicted octanol–water partition coefficient (Wildman–Crippen LogP) is 4.93. The molecule has 0 spiro atoms. The highest BCUT2D eigenvalue weighted by molar-refractivity contribution is 6.16. The highest BCUT2D eigenvalue weighted by Crippen LogP contribution is 2.40. The van der Waals surface area contributed by atoms with Crippen LogP contribution in [0, 0.1) is 5.92 Å². The summed E-state index contributed by atoms with van der Waals surface area (Å²) in [6, 6.07) is 6.67. The van der Waals surface area contributed by atoms with Crippen molar-refractivity contribution in [3.63, 3.8) is 0 Å². The number of alkyl halides is 1. The quantitative estimate of drug-likeness (QED) is 0.678. The van der Waals surface area contributed by atoms with Crippen LogP contribution in [0.4, 0.5) is 0 Å². The molecule has 0 bridgehead atoms. The summed E-state index contributed by atoms with van der Waals surface area (Å²) in [5.41, 5.74) is 2.10. The van der Waals surface area contributed by atoms with E-state index in [1.807, 2.05) is 19.1 Å². The number of hydrogen-bond donors (Lipinski definition) is 0. The van der Waals surface area contributed by atoms with Gasteiger partial charge < -0.3 is 9.30 Å². The molecule has 1 saturated carbocycles. The minimum atomic E-state index is 0.446. The molecule has 21 heavy (non-hydrogen) atoms. The van der Waals surface area contributed by atoms with Crippen LogP contribution in [0.3, 0.4) is 0 Å². The fraction of sp³-hybridized carbons (Fsp3) is 0.588. The lowest BCUT2D eigenvalue weighted by Crippen LogP contribution is -2.11. The number of halogens is 1. The third-order valence-corrected chi connectivity index (χ3v) is 4.55. The monoisotopic (exact) mass is 306 g/mol. The minimum absolute atomic E-state index is 0.446. The summed E-state index contributed by atoms with van der Waals surface area (Å²) >= 11 is 6.16. The number of rotatable bonds is 7. The van der Waals surface area contributed by atoms with Gasteiger partial charge in [-0.15, -0.1) is 11.6 Å². The summed E-state index contributed by atoms with van der Waals surface area (Å²) in [6.07, 6.45) is 5.11. The Balaban J connectivity index is 2.08. The van der Waals surface area contributed by atoms with Gasteiger partial charge in [-0.25, -0.2) is 4.98 Å². The average molecular weight is 307 g/mol. The molecule has 1 unspecified atom stereocenters. The summed E-state index contributed by atoms with van der Waals surface area (Å²) in [4.78, 5) is 4.75. The second kappa shape index (κ2) is 6.27. The fourth-order valence-electron chi connectivity index (χ4n) is 3.11. The molecule has 1 aromatic carbocycles. The molecule has 1 heterocycles. The van der Waals surface area contributed by atoms with Crippen LogP contribution >= 0.6 is 11.6 Å². The molecule has 1 atom stereocenters. The fourth-order valence-corrected chi connectivity index (χ4v) is 3.29. The molecule has 4 heteroatoms. The number of para-hydroxylation sites is 1. The average Bonchev–Trinajstić information content (AvgIpc) is 3.24. The number of ether oxygens (including phenoxy) is 1. The number of benzene rings is 1. The highest BCUT2D eigenvalue weighted by Gasteiger charge is 2.28. The van der Waals surface area contributed by atoms with E-state index in [4.69, 9.17) is 21.3 Å². The molecule has 1 aliphatic rings. The lowest BCUT2D eigenvalue weighted by molar-refractivity contribution is 0.343. The third-order valence-electron chi connectivity index (χ3n) is 4.31. The molecule has 2 aromatic rings. The number of fused-ring (bicyclic) bond motifs is 1. The normalized spacial score (nSPS) is 16.3. The van der Waals surface area contributed by atoms with Gasteiger partial charge in [-0.05, 0) is 37.8 Å². The van der Waals surface area contributed by atoms with Crippen LogP contribution in [-0.4, -0.2) is 16.2 Å². The minimum Gasteiger partial charge on any atom is -0.492 e. The SMILES string of the molecule is CCOc1cccc2c1nc(CCl)n2C(CC)CC1CC1. The Bertz CT molecular complexity index is 619. The Hall–Kier alpha value is -1.22. The van der Waals surface area contributed by atoms with Crippen molar-refractivity contribution in [2.24, 2.45) is 5.92 Å². The van der Waals surface area contributed by atoms with Crippen molar-refractivity contribution in [2.75, 3.05) is 6.61 Å². The Morgan fingerprint density at radius 3 is 2.81 bits per heavy atom. The van der Waals surface area contributed by atoms with Crippen molar-refractivity contribution >= 4 is 22.6 Å².